The van der Waals surface area contributed by atoms with E-state index < -0.39 is 0 Å². The van der Waals surface area contributed by atoms with Crippen molar-refractivity contribution in [3.8, 4) is 0 Å². The smallest absolute Gasteiger partial charge is 0.409 e. The number of amides is 1. The second kappa shape index (κ2) is 14.7. The van der Waals surface area contributed by atoms with Crippen LogP contribution in [0.4, 0.5) is 9.18 Å². The van der Waals surface area contributed by atoms with Crippen LogP contribution in [0.15, 0.2) is 29.3 Å². The van der Waals surface area contributed by atoms with Gasteiger partial charge in [0, 0.05) is 37.2 Å². The maximum absolute atomic E-state index is 13.6. The van der Waals surface area contributed by atoms with Crippen molar-refractivity contribution in [3.63, 3.8) is 0 Å². The molecule has 1 aromatic carbocycles. The molecule has 1 aromatic rings. The summed E-state index contributed by atoms with van der Waals surface area (Å²) < 4.78 is 18.7. The van der Waals surface area contributed by atoms with E-state index in [1.165, 1.54) is 6.07 Å². The van der Waals surface area contributed by atoms with Crippen molar-refractivity contribution in [2.24, 2.45) is 4.99 Å². The normalized spacial score (nSPS) is 14.9. The number of ether oxygens (including phenoxy) is 1. The molecule has 1 aliphatic heterocycles. The molecule has 0 bridgehead atoms. The van der Waals surface area contributed by atoms with Crippen molar-refractivity contribution in [2.45, 2.75) is 38.5 Å². The first-order chi connectivity index (χ1) is 13.6. The number of nitrogens with zero attached hydrogens (tertiary/aromatic N) is 2. The summed E-state index contributed by atoms with van der Waals surface area (Å²) in [4.78, 5) is 18.2. The standard InChI is InChI=1S/C20H31FN4O2S.HI/c1-3-22-19(23-11-14-28-15-16-7-5-6-8-18(16)21)24-17-9-12-25(13-10-17)20(26)27-4-2;/h5-8,17H,3-4,9-15H2,1-2H3,(H2,22,23,24);1H. The second-order valence-corrected chi connectivity index (χ2v) is 7.61. The molecule has 0 aliphatic carbocycles. The molecule has 29 heavy (non-hydrogen) atoms. The van der Waals surface area contributed by atoms with Gasteiger partial charge in [-0.2, -0.15) is 11.8 Å². The molecule has 0 saturated carbocycles. The van der Waals surface area contributed by atoms with Gasteiger partial charge in [0.1, 0.15) is 5.82 Å². The third-order valence-electron chi connectivity index (χ3n) is 4.43. The Morgan fingerprint density at radius 1 is 1.31 bits per heavy atom. The molecular weight excluding hydrogens is 506 g/mol. The van der Waals surface area contributed by atoms with Gasteiger partial charge >= 0.3 is 6.09 Å². The Bertz CT molecular complexity index is 643. The molecule has 1 heterocycles. The SMILES string of the molecule is CCNC(=NCCSCc1ccccc1F)NC1CCN(C(=O)OCC)CC1.I. The first kappa shape index (κ1) is 25.8. The van der Waals surface area contributed by atoms with E-state index in [4.69, 9.17) is 4.74 Å². The summed E-state index contributed by atoms with van der Waals surface area (Å²) >= 11 is 1.67. The number of hydrogen-bond donors (Lipinski definition) is 2. The Morgan fingerprint density at radius 2 is 2.03 bits per heavy atom. The second-order valence-electron chi connectivity index (χ2n) is 6.51. The molecule has 164 valence electrons. The number of hydrogen-bond acceptors (Lipinski definition) is 4. The van der Waals surface area contributed by atoms with Crippen LogP contribution in [0.1, 0.15) is 32.3 Å². The first-order valence-electron chi connectivity index (χ1n) is 9.91. The molecule has 0 atom stereocenters. The maximum atomic E-state index is 13.6. The van der Waals surface area contributed by atoms with Crippen molar-refractivity contribution in [1.29, 1.82) is 0 Å². The molecule has 0 aromatic heterocycles. The average molecular weight is 538 g/mol. The highest BCUT2D eigenvalue weighted by Crippen LogP contribution is 2.15. The monoisotopic (exact) mass is 538 g/mol. The third kappa shape index (κ3) is 9.41. The van der Waals surface area contributed by atoms with Gasteiger partial charge in [0.25, 0.3) is 0 Å². The van der Waals surface area contributed by atoms with Gasteiger partial charge in [0.2, 0.25) is 0 Å². The zero-order valence-electron chi connectivity index (χ0n) is 17.2. The van der Waals surface area contributed by atoms with E-state index in [-0.39, 0.29) is 41.9 Å². The van der Waals surface area contributed by atoms with E-state index in [1.807, 2.05) is 26.0 Å². The van der Waals surface area contributed by atoms with E-state index in [2.05, 4.69) is 15.6 Å². The summed E-state index contributed by atoms with van der Waals surface area (Å²) in [5.41, 5.74) is 0.731. The summed E-state index contributed by atoms with van der Waals surface area (Å²) in [5.74, 6) is 2.12. The van der Waals surface area contributed by atoms with Gasteiger partial charge in [-0.05, 0) is 38.3 Å². The quantitative estimate of drug-likeness (QED) is 0.228. The van der Waals surface area contributed by atoms with Gasteiger partial charge in [-0.25, -0.2) is 9.18 Å². The number of piperidine rings is 1. The lowest BCUT2D eigenvalue weighted by Gasteiger charge is -2.32. The number of guanidine groups is 1. The fourth-order valence-corrected chi connectivity index (χ4v) is 3.77. The zero-order valence-corrected chi connectivity index (χ0v) is 20.3. The molecule has 1 fully saturated rings. The predicted molar refractivity (Wildman–Crippen MR) is 129 cm³/mol. The van der Waals surface area contributed by atoms with Crippen LogP contribution >= 0.6 is 35.7 Å². The minimum absolute atomic E-state index is 0. The highest BCUT2D eigenvalue weighted by Gasteiger charge is 2.23. The van der Waals surface area contributed by atoms with Gasteiger partial charge < -0.3 is 20.3 Å². The minimum atomic E-state index is -0.228. The molecule has 1 aliphatic rings. The lowest BCUT2D eigenvalue weighted by Crippen LogP contribution is -2.50. The van der Waals surface area contributed by atoms with Crippen molar-refractivity contribution >= 4 is 47.8 Å². The van der Waals surface area contributed by atoms with Crippen molar-refractivity contribution < 1.29 is 13.9 Å². The third-order valence-corrected chi connectivity index (χ3v) is 5.41. The predicted octanol–water partition coefficient (Wildman–Crippen LogP) is 3.85. The number of carbonyl (C=O) groups excluding carboxylic acids is 1. The Hall–Kier alpha value is -1.23. The lowest BCUT2D eigenvalue weighted by molar-refractivity contribution is 0.0963. The number of likely N-dealkylation sites (tertiary alicyclic amines) is 1. The van der Waals surface area contributed by atoms with Crippen LogP contribution in [0.5, 0.6) is 0 Å². The molecule has 6 nitrogen and oxygen atoms in total. The Kier molecular flexibility index (Phi) is 13.1. The molecule has 0 spiro atoms. The summed E-state index contributed by atoms with van der Waals surface area (Å²) in [7, 11) is 0. The minimum Gasteiger partial charge on any atom is -0.450 e. The van der Waals surface area contributed by atoms with Crippen LogP contribution in [-0.4, -0.2) is 61.5 Å². The van der Waals surface area contributed by atoms with Crippen LogP contribution in [0.25, 0.3) is 0 Å². The number of benzene rings is 1. The number of carbonyl (C=O) groups is 1. The molecule has 1 amide bonds. The number of aliphatic imine (C=N–C) groups is 1. The van der Waals surface area contributed by atoms with E-state index >= 15 is 0 Å². The molecule has 2 rings (SSSR count). The fourth-order valence-electron chi connectivity index (χ4n) is 2.95. The Morgan fingerprint density at radius 3 is 2.69 bits per heavy atom. The van der Waals surface area contributed by atoms with Crippen LogP contribution in [-0.2, 0) is 10.5 Å². The highest BCUT2D eigenvalue weighted by molar-refractivity contribution is 14.0. The summed E-state index contributed by atoms with van der Waals surface area (Å²) in [6.45, 7) is 7.09. The molecule has 0 radical (unpaired) electrons. The van der Waals surface area contributed by atoms with Crippen LogP contribution in [0.2, 0.25) is 0 Å². The number of nitrogens with one attached hydrogen (secondary N) is 2. The largest absolute Gasteiger partial charge is 0.450 e. The molecule has 1 saturated heterocycles. The molecule has 2 N–H and O–H groups in total. The van der Waals surface area contributed by atoms with Gasteiger partial charge in [-0.3, -0.25) is 4.99 Å². The Labute approximate surface area is 194 Å². The van der Waals surface area contributed by atoms with Crippen LogP contribution in [0, 0.1) is 5.82 Å². The summed E-state index contributed by atoms with van der Waals surface area (Å²) in [5, 5.41) is 6.72. The van der Waals surface area contributed by atoms with Crippen molar-refractivity contribution in [2.75, 3.05) is 38.5 Å². The van der Waals surface area contributed by atoms with Gasteiger partial charge in [-0.1, -0.05) is 18.2 Å². The van der Waals surface area contributed by atoms with Crippen molar-refractivity contribution in [1.82, 2.24) is 15.5 Å². The van der Waals surface area contributed by atoms with Gasteiger partial charge in [-0.15, -0.1) is 24.0 Å². The zero-order chi connectivity index (χ0) is 20.2. The molecule has 9 heteroatoms. The topological polar surface area (TPSA) is 66.0 Å². The van der Waals surface area contributed by atoms with Gasteiger partial charge in [0.05, 0.1) is 13.2 Å². The van der Waals surface area contributed by atoms with E-state index in [9.17, 15) is 9.18 Å². The molecular formula is C20H32FIN4O2S. The number of rotatable bonds is 8. The van der Waals surface area contributed by atoms with Crippen LogP contribution < -0.4 is 10.6 Å². The Balaban J connectivity index is 0.00000420. The van der Waals surface area contributed by atoms with E-state index in [1.54, 1.807) is 22.7 Å². The van der Waals surface area contributed by atoms with E-state index in [0.29, 0.717) is 32.0 Å². The number of thioether (sulfide) groups is 1. The van der Waals surface area contributed by atoms with E-state index in [0.717, 1.165) is 36.7 Å². The fraction of sp³-hybridized carbons (Fsp3) is 0.600. The average Bonchev–Trinajstić information content (AvgIpc) is 2.70. The van der Waals surface area contributed by atoms with Crippen molar-refractivity contribution in [3.05, 3.63) is 35.6 Å². The summed E-state index contributed by atoms with van der Waals surface area (Å²) in [6.07, 6.45) is 1.50. The van der Waals surface area contributed by atoms with Gasteiger partial charge in [0.15, 0.2) is 5.96 Å². The maximum Gasteiger partial charge on any atom is 0.409 e. The summed E-state index contributed by atoms with van der Waals surface area (Å²) in [6, 6.07) is 7.17. The number of halogens is 2. The molecule has 0 unspecified atom stereocenters. The highest BCUT2D eigenvalue weighted by atomic mass is 127. The first-order valence-corrected chi connectivity index (χ1v) is 11.1. The lowest BCUT2D eigenvalue weighted by atomic mass is 10.1. The van der Waals surface area contributed by atoms with Crippen LogP contribution in [0.3, 0.4) is 0 Å².